The topological polar surface area (TPSA) is 49.8 Å². The summed E-state index contributed by atoms with van der Waals surface area (Å²) in [6, 6.07) is 6.35. The van der Waals surface area contributed by atoms with Crippen molar-refractivity contribution in [2.45, 2.75) is 40.2 Å². The minimum absolute atomic E-state index is 0.816. The zero-order valence-electron chi connectivity index (χ0n) is 12.4. The molecule has 108 valence electrons. The normalized spacial score (nSPS) is 10.6. The molecule has 2 heterocycles. The molecule has 2 rings (SSSR count). The van der Waals surface area contributed by atoms with Crippen LogP contribution in [-0.4, -0.2) is 16.5 Å². The van der Waals surface area contributed by atoms with E-state index in [0.29, 0.717) is 0 Å². The number of thiophene rings is 1. The van der Waals surface area contributed by atoms with Gasteiger partial charge in [0.05, 0.1) is 6.54 Å². The van der Waals surface area contributed by atoms with Gasteiger partial charge in [-0.05, 0) is 25.5 Å². The second-order valence-electron chi connectivity index (χ2n) is 4.51. The Morgan fingerprint density at radius 3 is 2.25 bits per heavy atom. The number of anilines is 2. The van der Waals surface area contributed by atoms with Gasteiger partial charge in [-0.15, -0.1) is 11.3 Å². The second kappa shape index (κ2) is 7.24. The molecule has 5 heteroatoms. The van der Waals surface area contributed by atoms with Gasteiger partial charge in [0.2, 0.25) is 0 Å². The third kappa shape index (κ3) is 3.93. The minimum atomic E-state index is 0.816. The van der Waals surface area contributed by atoms with Crippen molar-refractivity contribution in [1.82, 2.24) is 9.97 Å². The predicted octanol–water partition coefficient (Wildman–Crippen LogP) is 3.71. The van der Waals surface area contributed by atoms with Crippen molar-refractivity contribution >= 4 is 23.0 Å². The van der Waals surface area contributed by atoms with Crippen LogP contribution >= 0.6 is 11.3 Å². The lowest BCUT2D eigenvalue weighted by molar-refractivity contribution is 0.931. The monoisotopic (exact) mass is 290 g/mol. The highest BCUT2D eigenvalue weighted by molar-refractivity contribution is 7.12. The molecule has 4 nitrogen and oxygen atoms in total. The number of nitrogens with one attached hydrogen (secondary N) is 2. The van der Waals surface area contributed by atoms with Crippen LogP contribution in [-0.2, 0) is 19.4 Å². The predicted molar refractivity (Wildman–Crippen MR) is 86.6 cm³/mol. The maximum atomic E-state index is 4.52. The van der Waals surface area contributed by atoms with Crippen molar-refractivity contribution < 1.29 is 0 Å². The average molecular weight is 290 g/mol. The maximum absolute atomic E-state index is 4.52. The van der Waals surface area contributed by atoms with Crippen molar-refractivity contribution in [1.29, 1.82) is 0 Å². The first kappa shape index (κ1) is 14.8. The number of rotatable bonds is 7. The van der Waals surface area contributed by atoms with Crippen LogP contribution in [0.4, 0.5) is 11.6 Å². The Morgan fingerprint density at radius 2 is 1.65 bits per heavy atom. The highest BCUT2D eigenvalue weighted by atomic mass is 32.1. The summed E-state index contributed by atoms with van der Waals surface area (Å²) >= 11 is 1.86. The van der Waals surface area contributed by atoms with Crippen molar-refractivity contribution in [2.24, 2.45) is 0 Å². The summed E-state index contributed by atoms with van der Waals surface area (Å²) in [5.41, 5.74) is 0. The smallest absolute Gasteiger partial charge is 0.132 e. The van der Waals surface area contributed by atoms with Gasteiger partial charge >= 0.3 is 0 Å². The fraction of sp³-hybridized carbons (Fsp3) is 0.467. The van der Waals surface area contributed by atoms with Crippen LogP contribution in [0, 0.1) is 0 Å². The molecular formula is C15H22N4S. The molecule has 0 saturated heterocycles. The molecule has 0 unspecified atom stereocenters. The third-order valence-corrected chi connectivity index (χ3v) is 4.19. The first-order valence-corrected chi connectivity index (χ1v) is 8.00. The Hall–Kier alpha value is -1.62. The Balaban J connectivity index is 2.05. The molecule has 0 aliphatic heterocycles. The molecule has 2 N–H and O–H groups in total. The molecule has 0 saturated carbocycles. The van der Waals surface area contributed by atoms with E-state index in [0.717, 1.165) is 43.4 Å². The number of nitrogens with zero attached hydrogens (tertiary/aromatic N) is 2. The fourth-order valence-corrected chi connectivity index (χ4v) is 2.80. The number of aromatic nitrogens is 2. The van der Waals surface area contributed by atoms with E-state index < -0.39 is 0 Å². The van der Waals surface area contributed by atoms with Gasteiger partial charge in [0, 0.05) is 28.8 Å². The van der Waals surface area contributed by atoms with Crippen LogP contribution < -0.4 is 10.6 Å². The van der Waals surface area contributed by atoms with E-state index >= 15 is 0 Å². The molecule has 2 aromatic heterocycles. The SMILES string of the molecule is CCNc1cc(NCc2ccc(CC)s2)nc(CC)n1. The summed E-state index contributed by atoms with van der Waals surface area (Å²) < 4.78 is 0. The van der Waals surface area contributed by atoms with E-state index in [-0.39, 0.29) is 0 Å². The minimum Gasteiger partial charge on any atom is -0.370 e. The van der Waals surface area contributed by atoms with Crippen molar-refractivity contribution in [2.75, 3.05) is 17.2 Å². The molecule has 2 aromatic rings. The van der Waals surface area contributed by atoms with Crippen LogP contribution in [0.25, 0.3) is 0 Å². The van der Waals surface area contributed by atoms with E-state index in [1.807, 2.05) is 17.4 Å². The summed E-state index contributed by atoms with van der Waals surface area (Å²) in [6.45, 7) is 8.00. The van der Waals surface area contributed by atoms with Gasteiger partial charge in [-0.3, -0.25) is 0 Å². The van der Waals surface area contributed by atoms with Crippen LogP contribution in [0.1, 0.15) is 36.3 Å². The lowest BCUT2D eigenvalue weighted by Crippen LogP contribution is -2.07. The Labute approximate surface area is 124 Å². The molecule has 0 spiro atoms. The first-order valence-electron chi connectivity index (χ1n) is 7.18. The highest BCUT2D eigenvalue weighted by Crippen LogP contribution is 2.19. The molecule has 0 fully saturated rings. The highest BCUT2D eigenvalue weighted by Gasteiger charge is 2.04. The van der Waals surface area contributed by atoms with Crippen molar-refractivity contribution in [3.63, 3.8) is 0 Å². The zero-order chi connectivity index (χ0) is 14.4. The van der Waals surface area contributed by atoms with E-state index in [1.165, 1.54) is 9.75 Å². The lowest BCUT2D eigenvalue weighted by atomic mass is 10.3. The summed E-state index contributed by atoms with van der Waals surface area (Å²) in [6.07, 6.45) is 1.94. The quantitative estimate of drug-likeness (QED) is 0.816. The molecule has 0 aromatic carbocycles. The first-order chi connectivity index (χ1) is 9.75. The molecule has 0 aliphatic rings. The number of aryl methyl sites for hydroxylation is 2. The Kier molecular flexibility index (Phi) is 5.35. The molecule has 0 atom stereocenters. The second-order valence-corrected chi connectivity index (χ2v) is 5.77. The van der Waals surface area contributed by atoms with Gasteiger partial charge in [0.15, 0.2) is 0 Å². The Morgan fingerprint density at radius 1 is 0.950 bits per heavy atom. The largest absolute Gasteiger partial charge is 0.370 e. The van der Waals surface area contributed by atoms with Gasteiger partial charge in [-0.2, -0.15) is 0 Å². The maximum Gasteiger partial charge on any atom is 0.132 e. The lowest BCUT2D eigenvalue weighted by Gasteiger charge is -2.09. The average Bonchev–Trinajstić information content (AvgIpc) is 2.93. The van der Waals surface area contributed by atoms with Gasteiger partial charge in [0.1, 0.15) is 17.5 Å². The summed E-state index contributed by atoms with van der Waals surface area (Å²) in [5.74, 6) is 2.65. The summed E-state index contributed by atoms with van der Waals surface area (Å²) in [4.78, 5) is 11.7. The molecular weight excluding hydrogens is 268 g/mol. The third-order valence-electron chi connectivity index (χ3n) is 2.96. The Bertz CT molecular complexity index is 551. The fourth-order valence-electron chi connectivity index (χ4n) is 1.90. The standard InChI is InChI=1S/C15H22N4S/c1-4-11-7-8-12(20-11)10-17-15-9-14(16-6-3)18-13(5-2)19-15/h7-9H,4-6,10H2,1-3H3,(H2,16,17,18,19). The molecule has 20 heavy (non-hydrogen) atoms. The van der Waals surface area contributed by atoms with E-state index in [1.54, 1.807) is 0 Å². The molecule has 0 amide bonds. The van der Waals surface area contributed by atoms with Crippen molar-refractivity contribution in [3.8, 4) is 0 Å². The summed E-state index contributed by atoms with van der Waals surface area (Å²) in [7, 11) is 0. The van der Waals surface area contributed by atoms with E-state index in [4.69, 9.17) is 0 Å². The van der Waals surface area contributed by atoms with Gasteiger partial charge in [0.25, 0.3) is 0 Å². The summed E-state index contributed by atoms with van der Waals surface area (Å²) in [5, 5.41) is 6.64. The number of hydrogen-bond donors (Lipinski definition) is 2. The van der Waals surface area contributed by atoms with E-state index in [9.17, 15) is 0 Å². The number of hydrogen-bond acceptors (Lipinski definition) is 5. The van der Waals surface area contributed by atoms with Gasteiger partial charge in [-0.1, -0.05) is 13.8 Å². The van der Waals surface area contributed by atoms with Crippen molar-refractivity contribution in [3.05, 3.63) is 33.8 Å². The van der Waals surface area contributed by atoms with Crippen LogP contribution in [0.3, 0.4) is 0 Å². The van der Waals surface area contributed by atoms with Crippen LogP contribution in [0.2, 0.25) is 0 Å². The van der Waals surface area contributed by atoms with Gasteiger partial charge in [-0.25, -0.2) is 9.97 Å². The zero-order valence-corrected chi connectivity index (χ0v) is 13.2. The van der Waals surface area contributed by atoms with Crippen LogP contribution in [0.5, 0.6) is 0 Å². The van der Waals surface area contributed by atoms with Crippen LogP contribution in [0.15, 0.2) is 18.2 Å². The van der Waals surface area contributed by atoms with E-state index in [2.05, 4.69) is 53.5 Å². The van der Waals surface area contributed by atoms with Gasteiger partial charge < -0.3 is 10.6 Å². The molecule has 0 bridgehead atoms. The molecule has 0 radical (unpaired) electrons. The molecule has 0 aliphatic carbocycles.